The van der Waals surface area contributed by atoms with Gasteiger partial charge in [0.1, 0.15) is 0 Å². The van der Waals surface area contributed by atoms with Gasteiger partial charge in [0.05, 0.1) is 13.0 Å². The minimum absolute atomic E-state index is 0.0692. The summed E-state index contributed by atoms with van der Waals surface area (Å²) < 4.78 is 4.67. The molecule has 0 aromatic carbocycles. The molecule has 0 amide bonds. The van der Waals surface area contributed by atoms with E-state index >= 15 is 0 Å². The van der Waals surface area contributed by atoms with Crippen LogP contribution in [0.5, 0.6) is 0 Å². The number of methoxy groups -OCH3 is 1. The van der Waals surface area contributed by atoms with Crippen molar-refractivity contribution in [3.63, 3.8) is 0 Å². The number of rotatable bonds is 1. The number of hydrogen-bond acceptors (Lipinski definition) is 3. The summed E-state index contributed by atoms with van der Waals surface area (Å²) in [5.41, 5.74) is 5.48. The van der Waals surface area contributed by atoms with Crippen molar-refractivity contribution in [2.45, 2.75) is 12.8 Å². The predicted molar refractivity (Wildman–Crippen MR) is 53.1 cm³/mol. The maximum atomic E-state index is 11.2. The number of likely N-dealkylation sites (tertiary alicyclic amines) is 1. The molecule has 0 spiro atoms. The first-order chi connectivity index (χ1) is 6.15. The lowest BCUT2D eigenvalue weighted by atomic mass is 9.99. The average molecular weight is 202 g/mol. The van der Waals surface area contributed by atoms with Crippen LogP contribution in [0.1, 0.15) is 12.8 Å². The van der Waals surface area contributed by atoms with E-state index in [4.69, 9.17) is 18.0 Å². The zero-order valence-corrected chi connectivity index (χ0v) is 8.47. The molecule has 1 fully saturated rings. The number of nitrogens with two attached hydrogens (primary N) is 1. The van der Waals surface area contributed by atoms with Crippen LogP contribution in [0.3, 0.4) is 0 Å². The summed E-state index contributed by atoms with van der Waals surface area (Å²) in [5.74, 6) is -0.235. The van der Waals surface area contributed by atoms with Crippen LogP contribution in [0.4, 0.5) is 0 Å². The van der Waals surface area contributed by atoms with Gasteiger partial charge in [-0.1, -0.05) is 0 Å². The topological polar surface area (TPSA) is 55.6 Å². The molecule has 1 heterocycles. The van der Waals surface area contributed by atoms with Crippen molar-refractivity contribution in [1.82, 2.24) is 4.90 Å². The third-order valence-electron chi connectivity index (χ3n) is 2.27. The van der Waals surface area contributed by atoms with Crippen LogP contribution in [0.2, 0.25) is 0 Å². The summed E-state index contributed by atoms with van der Waals surface area (Å²) in [5, 5.41) is 0.369. The Labute approximate surface area is 83.0 Å². The molecule has 1 aliphatic rings. The van der Waals surface area contributed by atoms with Crippen LogP contribution in [-0.2, 0) is 9.53 Å². The Morgan fingerprint density at radius 3 is 2.92 bits per heavy atom. The highest BCUT2D eigenvalue weighted by Gasteiger charge is 2.26. The number of thiocarbonyl (C=S) groups is 1. The van der Waals surface area contributed by atoms with Gasteiger partial charge in [-0.2, -0.15) is 0 Å². The van der Waals surface area contributed by atoms with Gasteiger partial charge in [-0.15, -0.1) is 0 Å². The van der Waals surface area contributed by atoms with Gasteiger partial charge in [0, 0.05) is 13.1 Å². The quantitative estimate of drug-likeness (QED) is 0.483. The third kappa shape index (κ3) is 2.55. The predicted octanol–water partition coefficient (Wildman–Crippen LogP) is 0.115. The number of carbonyl (C=O) groups excluding carboxylic acids is 1. The summed E-state index contributed by atoms with van der Waals surface area (Å²) in [6.07, 6.45) is 1.81. The van der Waals surface area contributed by atoms with E-state index in [9.17, 15) is 4.79 Å². The van der Waals surface area contributed by atoms with Gasteiger partial charge in [-0.25, -0.2) is 0 Å². The van der Waals surface area contributed by atoms with Gasteiger partial charge in [0.2, 0.25) is 0 Å². The van der Waals surface area contributed by atoms with Crippen LogP contribution in [0.25, 0.3) is 0 Å². The molecule has 1 atom stereocenters. The molecule has 4 nitrogen and oxygen atoms in total. The summed E-state index contributed by atoms with van der Waals surface area (Å²) >= 11 is 4.84. The number of hydrogen-bond donors (Lipinski definition) is 1. The monoisotopic (exact) mass is 202 g/mol. The Morgan fingerprint density at radius 1 is 1.69 bits per heavy atom. The molecule has 1 saturated heterocycles. The highest BCUT2D eigenvalue weighted by molar-refractivity contribution is 7.80. The zero-order valence-electron chi connectivity index (χ0n) is 7.66. The standard InChI is InChI=1S/C8H14N2O2S/c1-12-7(11)6-3-2-4-10(5-6)8(9)13/h6H,2-5H2,1H3,(H2,9,13)/t6-/m1/s1. The Kier molecular flexibility index (Phi) is 3.48. The Bertz CT molecular complexity index is 220. The SMILES string of the molecule is COC(=O)[C@@H]1CCCN(C(N)=S)C1. The van der Waals surface area contributed by atoms with E-state index in [1.54, 1.807) is 0 Å². The van der Waals surface area contributed by atoms with E-state index in [1.807, 2.05) is 4.90 Å². The van der Waals surface area contributed by atoms with E-state index in [1.165, 1.54) is 7.11 Å². The summed E-state index contributed by atoms with van der Waals surface area (Å²) in [6, 6.07) is 0. The zero-order chi connectivity index (χ0) is 9.84. The molecule has 0 aromatic heterocycles. The highest BCUT2D eigenvalue weighted by Crippen LogP contribution is 2.17. The first kappa shape index (κ1) is 10.2. The average Bonchev–Trinajstić information content (AvgIpc) is 2.17. The number of esters is 1. The number of carbonyl (C=O) groups is 1. The van der Waals surface area contributed by atoms with Crippen LogP contribution in [-0.4, -0.2) is 36.2 Å². The number of nitrogens with zero attached hydrogens (tertiary/aromatic N) is 1. The molecule has 74 valence electrons. The molecule has 1 aliphatic heterocycles. The minimum atomic E-state index is -0.166. The molecule has 2 N–H and O–H groups in total. The fourth-order valence-electron chi connectivity index (χ4n) is 1.54. The Hall–Kier alpha value is -0.840. The second kappa shape index (κ2) is 4.41. The third-order valence-corrected chi connectivity index (χ3v) is 2.53. The molecule has 0 aromatic rings. The lowest BCUT2D eigenvalue weighted by Crippen LogP contribution is -2.44. The maximum Gasteiger partial charge on any atom is 0.310 e. The molecule has 5 heteroatoms. The molecule has 0 bridgehead atoms. The molecule has 0 saturated carbocycles. The van der Waals surface area contributed by atoms with E-state index in [0.717, 1.165) is 19.4 Å². The van der Waals surface area contributed by atoms with Crippen LogP contribution in [0, 0.1) is 5.92 Å². The number of piperidine rings is 1. The van der Waals surface area contributed by atoms with Crippen molar-refractivity contribution >= 4 is 23.3 Å². The fraction of sp³-hybridized carbons (Fsp3) is 0.750. The van der Waals surface area contributed by atoms with Gasteiger partial charge in [-0.3, -0.25) is 4.79 Å². The smallest absolute Gasteiger partial charge is 0.310 e. The van der Waals surface area contributed by atoms with Crippen molar-refractivity contribution in [2.75, 3.05) is 20.2 Å². The molecule has 1 rings (SSSR count). The van der Waals surface area contributed by atoms with Crippen LogP contribution < -0.4 is 5.73 Å². The summed E-state index contributed by atoms with van der Waals surface area (Å²) in [7, 11) is 1.40. The molecular weight excluding hydrogens is 188 g/mol. The number of ether oxygens (including phenoxy) is 1. The minimum Gasteiger partial charge on any atom is -0.469 e. The van der Waals surface area contributed by atoms with Gasteiger partial charge < -0.3 is 15.4 Å². The highest BCUT2D eigenvalue weighted by atomic mass is 32.1. The van der Waals surface area contributed by atoms with E-state index < -0.39 is 0 Å². The summed E-state index contributed by atoms with van der Waals surface area (Å²) in [6.45, 7) is 1.45. The molecule has 13 heavy (non-hydrogen) atoms. The van der Waals surface area contributed by atoms with Crippen molar-refractivity contribution < 1.29 is 9.53 Å². The Balaban J connectivity index is 2.51. The van der Waals surface area contributed by atoms with Gasteiger partial charge >= 0.3 is 5.97 Å². The molecular formula is C8H14N2O2S. The van der Waals surface area contributed by atoms with Crippen molar-refractivity contribution in [3.05, 3.63) is 0 Å². The largest absolute Gasteiger partial charge is 0.469 e. The van der Waals surface area contributed by atoms with Gasteiger partial charge in [-0.05, 0) is 25.1 Å². The van der Waals surface area contributed by atoms with E-state index in [-0.39, 0.29) is 11.9 Å². The van der Waals surface area contributed by atoms with Gasteiger partial charge in [0.25, 0.3) is 0 Å². The van der Waals surface area contributed by atoms with Gasteiger partial charge in [0.15, 0.2) is 5.11 Å². The lowest BCUT2D eigenvalue weighted by Gasteiger charge is -2.31. The lowest BCUT2D eigenvalue weighted by molar-refractivity contribution is -0.146. The van der Waals surface area contributed by atoms with Crippen molar-refractivity contribution in [3.8, 4) is 0 Å². The molecule has 0 radical (unpaired) electrons. The fourth-order valence-corrected chi connectivity index (χ4v) is 1.70. The van der Waals surface area contributed by atoms with Crippen LogP contribution >= 0.6 is 12.2 Å². The van der Waals surface area contributed by atoms with E-state index in [0.29, 0.717) is 11.7 Å². The molecule has 0 unspecified atom stereocenters. The second-order valence-corrected chi connectivity index (χ2v) is 3.56. The Morgan fingerprint density at radius 2 is 2.38 bits per heavy atom. The normalized spacial score (nSPS) is 22.5. The van der Waals surface area contributed by atoms with E-state index in [2.05, 4.69) is 4.74 Å². The second-order valence-electron chi connectivity index (χ2n) is 3.15. The molecule has 0 aliphatic carbocycles. The first-order valence-electron chi connectivity index (χ1n) is 4.27. The van der Waals surface area contributed by atoms with Crippen LogP contribution in [0.15, 0.2) is 0 Å². The maximum absolute atomic E-state index is 11.2. The summed E-state index contributed by atoms with van der Waals surface area (Å²) in [4.78, 5) is 13.0. The van der Waals surface area contributed by atoms with Crippen molar-refractivity contribution in [2.24, 2.45) is 11.7 Å². The first-order valence-corrected chi connectivity index (χ1v) is 4.68. The van der Waals surface area contributed by atoms with Crippen molar-refractivity contribution in [1.29, 1.82) is 0 Å².